The first-order chi connectivity index (χ1) is 9.16. The Kier molecular flexibility index (Phi) is 3.50. The zero-order valence-corrected chi connectivity index (χ0v) is 12.1. The quantitative estimate of drug-likeness (QED) is 0.774. The van der Waals surface area contributed by atoms with E-state index in [4.69, 9.17) is 21.3 Å². The highest BCUT2D eigenvalue weighted by Crippen LogP contribution is 2.33. The summed E-state index contributed by atoms with van der Waals surface area (Å²) in [6, 6.07) is 8.70. The summed E-state index contributed by atoms with van der Waals surface area (Å²) in [5, 5.41) is -0.0782. The molecule has 3 atom stereocenters. The normalized spacial score (nSPS) is 25.6. The molecule has 0 aliphatic carbocycles. The number of fused-ring (bicyclic) bond motifs is 1. The molecular weight excluding hydrogens is 260 g/mol. The number of para-hydroxylation sites is 2. The molecule has 102 valence electrons. The van der Waals surface area contributed by atoms with Crippen molar-refractivity contribution in [2.75, 3.05) is 6.61 Å². The van der Waals surface area contributed by atoms with Gasteiger partial charge in [0.1, 0.15) is 5.82 Å². The van der Waals surface area contributed by atoms with Crippen LogP contribution in [0.3, 0.4) is 0 Å². The highest BCUT2D eigenvalue weighted by molar-refractivity contribution is 6.20. The first-order valence-electron chi connectivity index (χ1n) is 6.89. The molecule has 3 unspecified atom stereocenters. The lowest BCUT2D eigenvalue weighted by molar-refractivity contribution is 0.00621. The molecule has 3 nitrogen and oxygen atoms in total. The van der Waals surface area contributed by atoms with Crippen LogP contribution in [0.5, 0.6) is 0 Å². The lowest BCUT2D eigenvalue weighted by Gasteiger charge is -2.30. The van der Waals surface area contributed by atoms with Gasteiger partial charge in [-0.05, 0) is 38.8 Å². The fraction of sp³-hybridized carbons (Fsp3) is 0.533. The molecule has 1 aromatic carbocycles. The molecule has 0 N–H and O–H groups in total. The fourth-order valence-corrected chi connectivity index (χ4v) is 3.09. The van der Waals surface area contributed by atoms with Crippen LogP contribution in [-0.4, -0.2) is 22.3 Å². The van der Waals surface area contributed by atoms with Crippen molar-refractivity contribution in [2.45, 2.75) is 44.2 Å². The Morgan fingerprint density at radius 3 is 2.95 bits per heavy atom. The molecular formula is C15H19ClN2O. The second-order valence-corrected chi connectivity index (χ2v) is 5.96. The standard InChI is InChI=1S/C15H19ClN2O/c1-10-9-12(7-8-19-10)18-14-6-4-3-5-13(14)17-15(18)11(2)16/h3-6,10-12H,7-9H2,1-2H3. The average Bonchev–Trinajstić information content (AvgIpc) is 2.78. The summed E-state index contributed by atoms with van der Waals surface area (Å²) in [6.45, 7) is 4.94. The SMILES string of the molecule is CC1CC(n2c(C(C)Cl)nc3ccccc32)CCO1. The molecule has 0 bridgehead atoms. The third kappa shape index (κ3) is 2.37. The van der Waals surface area contributed by atoms with Crippen LogP contribution in [0.2, 0.25) is 0 Å². The van der Waals surface area contributed by atoms with Crippen LogP contribution in [0.15, 0.2) is 24.3 Å². The number of benzene rings is 1. The molecule has 2 aromatic rings. The molecule has 0 saturated carbocycles. The summed E-state index contributed by atoms with van der Waals surface area (Å²) >= 11 is 6.32. The van der Waals surface area contributed by atoms with Gasteiger partial charge in [-0.1, -0.05) is 12.1 Å². The maximum absolute atomic E-state index is 6.32. The van der Waals surface area contributed by atoms with E-state index < -0.39 is 0 Å². The van der Waals surface area contributed by atoms with E-state index in [0.717, 1.165) is 30.8 Å². The molecule has 2 heterocycles. The number of aromatic nitrogens is 2. The van der Waals surface area contributed by atoms with Crippen molar-refractivity contribution in [1.29, 1.82) is 0 Å². The van der Waals surface area contributed by atoms with Crippen molar-refractivity contribution in [2.24, 2.45) is 0 Å². The van der Waals surface area contributed by atoms with E-state index in [1.165, 1.54) is 5.52 Å². The third-order valence-corrected chi connectivity index (χ3v) is 4.00. The maximum Gasteiger partial charge on any atom is 0.127 e. The minimum Gasteiger partial charge on any atom is -0.378 e. The number of ether oxygens (including phenoxy) is 1. The molecule has 1 fully saturated rings. The van der Waals surface area contributed by atoms with Gasteiger partial charge in [0.15, 0.2) is 0 Å². The van der Waals surface area contributed by atoms with Crippen LogP contribution in [-0.2, 0) is 4.74 Å². The van der Waals surface area contributed by atoms with Gasteiger partial charge in [-0.25, -0.2) is 4.98 Å². The minimum atomic E-state index is -0.0782. The molecule has 19 heavy (non-hydrogen) atoms. The molecule has 1 saturated heterocycles. The van der Waals surface area contributed by atoms with Crippen LogP contribution in [0.25, 0.3) is 11.0 Å². The number of hydrogen-bond acceptors (Lipinski definition) is 2. The van der Waals surface area contributed by atoms with E-state index >= 15 is 0 Å². The molecule has 1 aromatic heterocycles. The molecule has 1 aliphatic rings. The van der Waals surface area contributed by atoms with Gasteiger partial charge in [-0.15, -0.1) is 11.6 Å². The van der Waals surface area contributed by atoms with Gasteiger partial charge in [-0.3, -0.25) is 0 Å². The van der Waals surface area contributed by atoms with E-state index in [2.05, 4.69) is 29.7 Å². The summed E-state index contributed by atoms with van der Waals surface area (Å²) in [5.41, 5.74) is 2.22. The lowest BCUT2D eigenvalue weighted by Crippen LogP contribution is -2.26. The highest BCUT2D eigenvalue weighted by atomic mass is 35.5. The number of halogens is 1. The second-order valence-electron chi connectivity index (χ2n) is 5.30. The maximum atomic E-state index is 6.32. The van der Waals surface area contributed by atoms with Crippen molar-refractivity contribution in [3.05, 3.63) is 30.1 Å². The highest BCUT2D eigenvalue weighted by Gasteiger charge is 2.26. The Bertz CT molecular complexity index is 579. The van der Waals surface area contributed by atoms with Crippen molar-refractivity contribution in [3.63, 3.8) is 0 Å². The third-order valence-electron chi connectivity index (χ3n) is 3.80. The van der Waals surface area contributed by atoms with Crippen molar-refractivity contribution in [1.82, 2.24) is 9.55 Å². The zero-order valence-electron chi connectivity index (χ0n) is 11.3. The van der Waals surface area contributed by atoms with Crippen LogP contribution < -0.4 is 0 Å². The molecule has 0 amide bonds. The summed E-state index contributed by atoms with van der Waals surface area (Å²) in [5.74, 6) is 0.974. The average molecular weight is 279 g/mol. The van der Waals surface area contributed by atoms with E-state index in [-0.39, 0.29) is 5.38 Å². The molecule has 0 spiro atoms. The minimum absolute atomic E-state index is 0.0782. The van der Waals surface area contributed by atoms with E-state index in [0.29, 0.717) is 12.1 Å². The topological polar surface area (TPSA) is 27.1 Å². The van der Waals surface area contributed by atoms with Crippen LogP contribution in [0.1, 0.15) is 43.9 Å². The van der Waals surface area contributed by atoms with Gasteiger partial charge < -0.3 is 9.30 Å². The second kappa shape index (κ2) is 5.14. The molecule has 3 rings (SSSR count). The van der Waals surface area contributed by atoms with Crippen LogP contribution >= 0.6 is 11.6 Å². The van der Waals surface area contributed by atoms with Gasteiger partial charge in [0, 0.05) is 12.6 Å². The molecule has 0 radical (unpaired) electrons. The Hall–Kier alpha value is -1.06. The number of nitrogens with zero attached hydrogens (tertiary/aromatic N) is 2. The van der Waals surface area contributed by atoms with Gasteiger partial charge in [0.25, 0.3) is 0 Å². The van der Waals surface area contributed by atoms with Gasteiger partial charge in [0.05, 0.1) is 22.5 Å². The summed E-state index contributed by atoms with van der Waals surface area (Å²) in [7, 11) is 0. The number of alkyl halides is 1. The van der Waals surface area contributed by atoms with Crippen LogP contribution in [0.4, 0.5) is 0 Å². The monoisotopic (exact) mass is 278 g/mol. The largest absolute Gasteiger partial charge is 0.378 e. The Balaban J connectivity index is 2.11. The van der Waals surface area contributed by atoms with Crippen LogP contribution in [0, 0.1) is 0 Å². The van der Waals surface area contributed by atoms with Gasteiger partial charge in [0.2, 0.25) is 0 Å². The lowest BCUT2D eigenvalue weighted by atomic mass is 10.0. The first-order valence-corrected chi connectivity index (χ1v) is 7.33. The predicted molar refractivity (Wildman–Crippen MR) is 77.7 cm³/mol. The van der Waals surface area contributed by atoms with E-state index in [1.54, 1.807) is 0 Å². The number of hydrogen-bond donors (Lipinski definition) is 0. The van der Waals surface area contributed by atoms with Crippen molar-refractivity contribution in [3.8, 4) is 0 Å². The Morgan fingerprint density at radius 1 is 1.42 bits per heavy atom. The fourth-order valence-electron chi connectivity index (χ4n) is 2.94. The van der Waals surface area contributed by atoms with Crippen molar-refractivity contribution < 1.29 is 4.74 Å². The Morgan fingerprint density at radius 2 is 2.21 bits per heavy atom. The zero-order chi connectivity index (χ0) is 13.4. The van der Waals surface area contributed by atoms with Gasteiger partial charge in [-0.2, -0.15) is 0 Å². The predicted octanol–water partition coefficient (Wildman–Crippen LogP) is 4.08. The van der Waals surface area contributed by atoms with E-state index in [1.807, 2.05) is 13.0 Å². The van der Waals surface area contributed by atoms with Gasteiger partial charge >= 0.3 is 0 Å². The summed E-state index contributed by atoms with van der Waals surface area (Å²) < 4.78 is 7.98. The first kappa shape index (κ1) is 12.9. The van der Waals surface area contributed by atoms with Crippen molar-refractivity contribution >= 4 is 22.6 Å². The number of rotatable bonds is 2. The Labute approximate surface area is 118 Å². The summed E-state index contributed by atoms with van der Waals surface area (Å²) in [4.78, 5) is 4.70. The van der Waals surface area contributed by atoms with E-state index in [9.17, 15) is 0 Å². The molecule has 4 heteroatoms. The smallest absolute Gasteiger partial charge is 0.127 e. The summed E-state index contributed by atoms with van der Waals surface area (Å²) in [6.07, 6.45) is 2.36. The molecule has 1 aliphatic heterocycles. The number of imidazole rings is 1.